The van der Waals surface area contributed by atoms with Crippen molar-refractivity contribution in [1.82, 2.24) is 4.90 Å². The highest BCUT2D eigenvalue weighted by molar-refractivity contribution is 5.83. The summed E-state index contributed by atoms with van der Waals surface area (Å²) >= 11 is 0. The van der Waals surface area contributed by atoms with Crippen LogP contribution in [-0.2, 0) is 42.7 Å². The number of methoxy groups -OCH3 is 2. The second-order valence-corrected chi connectivity index (χ2v) is 19.1. The highest BCUT2D eigenvalue weighted by Gasteiger charge is 2.54. The Morgan fingerprint density at radius 1 is 0.857 bits per heavy atom. The molecular weight excluding hydrogens is 726 g/mol. The molecule has 0 aromatic carbocycles. The number of ether oxygens (including phenoxy) is 7. The van der Waals surface area contributed by atoms with Crippen molar-refractivity contribution in [3.8, 4) is 0 Å². The SMILES string of the molecule is CC[C@H]1OC(=O)[C@H](C)[C@@H](O[C@H]2C[C@@](C)(OC)[C@@H](O)[C@H](C)O2)[C@H](C)[C@@H](O[C@@H]2O[C@H](C)C[C@H](N(C)CC(C)(C)C)[C@H]2O)[C@](C)(OC)C[C@@H](C)C(=O)[C@H](C)[C@@H](O)[C@]1(C)O. The Labute approximate surface area is 336 Å². The number of likely N-dealkylation sites (N-methyl/N-ethyl adjacent to an activating group) is 1. The molecule has 4 N–H and O–H groups in total. The molecule has 0 aromatic heterocycles. The summed E-state index contributed by atoms with van der Waals surface area (Å²) in [6.07, 6.45) is -8.85. The van der Waals surface area contributed by atoms with E-state index in [9.17, 15) is 30.0 Å². The molecule has 0 radical (unpaired) electrons. The fourth-order valence-electron chi connectivity index (χ4n) is 9.37. The molecule has 0 aromatic rings. The van der Waals surface area contributed by atoms with E-state index in [0.29, 0.717) is 13.0 Å². The van der Waals surface area contributed by atoms with Crippen LogP contribution in [0, 0.1) is 29.1 Å². The number of cyclic esters (lactones) is 1. The summed E-state index contributed by atoms with van der Waals surface area (Å²) in [6.45, 7) is 24.3. The number of nitrogens with zero attached hydrogens (tertiary/aromatic N) is 1. The molecule has 3 heterocycles. The van der Waals surface area contributed by atoms with Gasteiger partial charge in [-0.15, -0.1) is 0 Å². The van der Waals surface area contributed by atoms with Gasteiger partial charge in [-0.1, -0.05) is 48.5 Å². The number of rotatable bonds is 9. The Morgan fingerprint density at radius 3 is 1.98 bits per heavy atom. The van der Waals surface area contributed by atoms with Gasteiger partial charge in [0.05, 0.1) is 47.6 Å². The quantitative estimate of drug-likeness (QED) is 0.247. The lowest BCUT2D eigenvalue weighted by atomic mass is 9.74. The molecule has 3 aliphatic rings. The number of esters is 1. The summed E-state index contributed by atoms with van der Waals surface area (Å²) in [4.78, 5) is 30.5. The zero-order valence-electron chi connectivity index (χ0n) is 37.1. The molecule has 0 spiro atoms. The molecule has 14 nitrogen and oxygen atoms in total. The van der Waals surface area contributed by atoms with Gasteiger partial charge < -0.3 is 58.5 Å². The zero-order chi connectivity index (χ0) is 42.9. The standard InChI is InChI=1S/C42H77NO13/c1-17-29-42(13,49)34(46)24(4)31(44)22(2)19-41(12,51-16)36(56-38-32(45)28(18-23(3)52-38)43(14)21-39(8,9)10)25(5)33(26(6)37(48)54-29)55-30-20-40(11,50-15)35(47)27(7)53-30/h22-30,32-36,38,45-47,49H,17-21H2,1-16H3/t22-,23-,24+,25+,26-,27+,28+,29-,30+,32-,33+,34-,35+,36-,38+,40-,41-,42-/m1/s1. The first-order valence-corrected chi connectivity index (χ1v) is 20.6. The maximum atomic E-state index is 14.3. The molecule has 14 heteroatoms. The van der Waals surface area contributed by atoms with Gasteiger partial charge >= 0.3 is 5.97 Å². The minimum Gasteiger partial charge on any atom is -0.459 e. The molecule has 18 atom stereocenters. The maximum Gasteiger partial charge on any atom is 0.311 e. The minimum absolute atomic E-state index is 0.0405. The van der Waals surface area contributed by atoms with Crippen molar-refractivity contribution in [3.63, 3.8) is 0 Å². The number of ketones is 1. The Hall–Kier alpha value is -1.30. The van der Waals surface area contributed by atoms with Crippen LogP contribution in [0.2, 0.25) is 0 Å². The predicted molar refractivity (Wildman–Crippen MR) is 209 cm³/mol. The van der Waals surface area contributed by atoms with E-state index in [2.05, 4.69) is 25.7 Å². The predicted octanol–water partition coefficient (Wildman–Crippen LogP) is 3.86. The maximum absolute atomic E-state index is 14.3. The van der Waals surface area contributed by atoms with Crippen molar-refractivity contribution in [2.45, 2.75) is 200 Å². The Bertz CT molecular complexity index is 1290. The Morgan fingerprint density at radius 2 is 1.45 bits per heavy atom. The van der Waals surface area contributed by atoms with Crippen LogP contribution in [0.3, 0.4) is 0 Å². The zero-order valence-corrected chi connectivity index (χ0v) is 37.1. The Kier molecular flexibility index (Phi) is 16.6. The molecule has 56 heavy (non-hydrogen) atoms. The van der Waals surface area contributed by atoms with Crippen molar-refractivity contribution in [2.75, 3.05) is 27.8 Å². The summed E-state index contributed by atoms with van der Waals surface area (Å²) in [7, 11) is 5.01. The van der Waals surface area contributed by atoms with Crippen LogP contribution >= 0.6 is 0 Å². The van der Waals surface area contributed by atoms with E-state index >= 15 is 0 Å². The summed E-state index contributed by atoms with van der Waals surface area (Å²) in [5, 5.41) is 46.1. The number of Topliss-reactive ketones (excluding diaryl/α,β-unsaturated/α-hetero) is 1. The van der Waals surface area contributed by atoms with E-state index in [1.54, 1.807) is 41.5 Å². The average Bonchev–Trinajstić information content (AvgIpc) is 3.11. The van der Waals surface area contributed by atoms with Crippen molar-refractivity contribution in [1.29, 1.82) is 0 Å². The van der Waals surface area contributed by atoms with E-state index in [0.717, 1.165) is 0 Å². The van der Waals surface area contributed by atoms with Gasteiger partial charge in [0.2, 0.25) is 0 Å². The van der Waals surface area contributed by atoms with E-state index in [1.807, 2.05) is 27.8 Å². The van der Waals surface area contributed by atoms with E-state index in [4.69, 9.17) is 33.2 Å². The van der Waals surface area contributed by atoms with Crippen LogP contribution in [0.1, 0.15) is 116 Å². The van der Waals surface area contributed by atoms with Gasteiger partial charge in [-0.2, -0.15) is 0 Å². The number of carbonyl (C=O) groups is 2. The molecule has 0 saturated carbocycles. The van der Waals surface area contributed by atoms with Crippen LogP contribution in [0.5, 0.6) is 0 Å². The van der Waals surface area contributed by atoms with Crippen LogP contribution in [0.4, 0.5) is 0 Å². The van der Waals surface area contributed by atoms with Gasteiger partial charge in [0, 0.05) is 51.0 Å². The van der Waals surface area contributed by atoms with E-state index in [-0.39, 0.29) is 42.6 Å². The molecule has 3 fully saturated rings. The Balaban J connectivity index is 2.22. The molecule has 0 bridgehead atoms. The first-order valence-electron chi connectivity index (χ1n) is 20.6. The summed E-state index contributed by atoms with van der Waals surface area (Å²) in [6, 6.07) is -0.302. The van der Waals surface area contributed by atoms with Crippen LogP contribution < -0.4 is 0 Å². The molecule has 0 unspecified atom stereocenters. The lowest BCUT2D eigenvalue weighted by molar-refractivity contribution is -0.319. The first-order chi connectivity index (χ1) is 25.7. The number of hydrogen-bond acceptors (Lipinski definition) is 14. The minimum atomic E-state index is -1.97. The second kappa shape index (κ2) is 19.0. The third-order valence-corrected chi connectivity index (χ3v) is 12.9. The highest BCUT2D eigenvalue weighted by atomic mass is 16.7. The van der Waals surface area contributed by atoms with Crippen LogP contribution in [-0.4, -0.2) is 149 Å². The molecule has 328 valence electrons. The fourth-order valence-corrected chi connectivity index (χ4v) is 9.37. The van der Waals surface area contributed by atoms with Gasteiger partial charge in [-0.3, -0.25) is 9.59 Å². The van der Waals surface area contributed by atoms with Gasteiger partial charge in [-0.25, -0.2) is 0 Å². The third-order valence-electron chi connectivity index (χ3n) is 12.9. The van der Waals surface area contributed by atoms with Gasteiger partial charge in [0.1, 0.15) is 29.7 Å². The number of aliphatic hydroxyl groups excluding tert-OH is 3. The second-order valence-electron chi connectivity index (χ2n) is 19.1. The largest absolute Gasteiger partial charge is 0.459 e. The van der Waals surface area contributed by atoms with Gasteiger partial charge in [0.25, 0.3) is 0 Å². The molecule has 0 amide bonds. The van der Waals surface area contributed by atoms with Crippen LogP contribution in [0.15, 0.2) is 0 Å². The van der Waals surface area contributed by atoms with Crippen molar-refractivity contribution < 1.29 is 63.2 Å². The van der Waals surface area contributed by atoms with E-state index in [1.165, 1.54) is 21.1 Å². The van der Waals surface area contributed by atoms with Gasteiger partial charge in [-0.05, 0) is 73.3 Å². The van der Waals surface area contributed by atoms with Crippen molar-refractivity contribution in [3.05, 3.63) is 0 Å². The smallest absolute Gasteiger partial charge is 0.311 e. The number of aliphatic hydroxyl groups is 4. The first kappa shape index (κ1) is 49.1. The normalized spacial score (nSPS) is 46.7. The van der Waals surface area contributed by atoms with Crippen molar-refractivity contribution >= 4 is 11.8 Å². The monoisotopic (exact) mass is 804 g/mol. The fraction of sp³-hybridized carbons (Fsp3) is 0.952. The number of hydrogen-bond donors (Lipinski definition) is 4. The lowest BCUT2D eigenvalue weighted by Crippen LogP contribution is -2.62. The number of carbonyl (C=O) groups excluding carboxylic acids is 2. The van der Waals surface area contributed by atoms with Crippen LogP contribution in [0.25, 0.3) is 0 Å². The molecule has 0 aliphatic carbocycles. The van der Waals surface area contributed by atoms with Gasteiger partial charge in [0.15, 0.2) is 12.6 Å². The molecular formula is C42H77NO13. The third kappa shape index (κ3) is 10.9. The summed E-state index contributed by atoms with van der Waals surface area (Å²) in [5.74, 6) is -4.50. The summed E-state index contributed by atoms with van der Waals surface area (Å²) in [5.41, 5.74) is -4.31. The highest BCUT2D eigenvalue weighted by Crippen LogP contribution is 2.42. The average molecular weight is 804 g/mol. The lowest BCUT2D eigenvalue weighted by Gasteiger charge is -2.50. The van der Waals surface area contributed by atoms with E-state index < -0.39 is 102 Å². The molecule has 3 saturated heterocycles. The topological polar surface area (TPSA) is 183 Å². The summed E-state index contributed by atoms with van der Waals surface area (Å²) < 4.78 is 44.4. The van der Waals surface area contributed by atoms with Crippen molar-refractivity contribution in [2.24, 2.45) is 29.1 Å². The molecule has 3 rings (SSSR count). The molecule has 3 aliphatic heterocycles.